The number of likely N-dealkylation sites (tertiary alicyclic amines) is 2. The van der Waals surface area contributed by atoms with Gasteiger partial charge in [0.2, 0.25) is 5.91 Å². The average Bonchev–Trinajstić information content (AvgIpc) is 3.15. The van der Waals surface area contributed by atoms with Gasteiger partial charge in [-0.1, -0.05) is 30.7 Å². The van der Waals surface area contributed by atoms with Gasteiger partial charge in [0.15, 0.2) is 5.96 Å². The zero-order valence-corrected chi connectivity index (χ0v) is 18.0. The number of nitrogens with zero attached hydrogens (tertiary/aromatic N) is 3. The second kappa shape index (κ2) is 11.8. The third-order valence-electron chi connectivity index (χ3n) is 5.78. The molecule has 6 heteroatoms. The molecule has 0 unspecified atom stereocenters. The summed E-state index contributed by atoms with van der Waals surface area (Å²) >= 11 is 0. The largest absolute Gasteiger partial charge is 0.357 e. The van der Waals surface area contributed by atoms with Crippen LogP contribution >= 0.6 is 0 Å². The summed E-state index contributed by atoms with van der Waals surface area (Å²) in [6.07, 6.45) is 6.67. The van der Waals surface area contributed by atoms with E-state index in [1.54, 1.807) is 0 Å². The molecule has 0 saturated carbocycles. The highest BCUT2D eigenvalue weighted by Gasteiger charge is 2.19. The zero-order valence-electron chi connectivity index (χ0n) is 18.0. The van der Waals surface area contributed by atoms with Crippen LogP contribution in [0, 0.1) is 0 Å². The van der Waals surface area contributed by atoms with Crippen LogP contribution < -0.4 is 10.6 Å². The Hall–Kier alpha value is -2.08. The standard InChI is InChI=1S/C23H37N5O/c1-2-24-23(25-13-9-17-28-16-8-12-22(28)29)26-18-20-10-4-5-11-21(20)19-27-14-6-3-7-15-27/h4-5,10-11H,2-3,6-9,12-19H2,1H3,(H2,24,25,26). The molecule has 2 heterocycles. The number of hydrogen-bond acceptors (Lipinski definition) is 3. The number of aliphatic imine (C=N–C) groups is 1. The third kappa shape index (κ3) is 7.03. The summed E-state index contributed by atoms with van der Waals surface area (Å²) in [5.74, 6) is 1.16. The Kier molecular flexibility index (Phi) is 8.81. The van der Waals surface area contributed by atoms with E-state index in [-0.39, 0.29) is 0 Å². The minimum absolute atomic E-state index is 0.302. The molecule has 2 fully saturated rings. The molecule has 2 aliphatic rings. The molecule has 1 aromatic rings. The van der Waals surface area contributed by atoms with Crippen molar-refractivity contribution >= 4 is 11.9 Å². The van der Waals surface area contributed by atoms with Crippen LogP contribution in [0.15, 0.2) is 29.3 Å². The molecule has 6 nitrogen and oxygen atoms in total. The minimum Gasteiger partial charge on any atom is -0.357 e. The Bertz CT molecular complexity index is 669. The van der Waals surface area contributed by atoms with Crippen LogP contribution in [-0.2, 0) is 17.9 Å². The van der Waals surface area contributed by atoms with E-state index >= 15 is 0 Å². The van der Waals surface area contributed by atoms with Crippen molar-refractivity contribution in [3.63, 3.8) is 0 Å². The molecule has 0 aromatic heterocycles. The van der Waals surface area contributed by atoms with Crippen LogP contribution in [0.3, 0.4) is 0 Å². The molecule has 2 N–H and O–H groups in total. The van der Waals surface area contributed by atoms with Crippen molar-refractivity contribution in [3.8, 4) is 0 Å². The van der Waals surface area contributed by atoms with Gasteiger partial charge in [-0.15, -0.1) is 0 Å². The molecule has 160 valence electrons. The summed E-state index contributed by atoms with van der Waals surface area (Å²) in [4.78, 5) is 21.1. The van der Waals surface area contributed by atoms with Gasteiger partial charge < -0.3 is 15.5 Å². The number of carbonyl (C=O) groups excluding carboxylic acids is 1. The Morgan fingerprint density at radius 1 is 1.03 bits per heavy atom. The smallest absolute Gasteiger partial charge is 0.222 e. The Balaban J connectivity index is 1.50. The van der Waals surface area contributed by atoms with Crippen molar-refractivity contribution < 1.29 is 4.79 Å². The summed E-state index contributed by atoms with van der Waals surface area (Å²) in [6.45, 7) is 9.64. The van der Waals surface area contributed by atoms with Gasteiger partial charge in [-0.05, 0) is 56.8 Å². The summed E-state index contributed by atoms with van der Waals surface area (Å²) < 4.78 is 0. The Morgan fingerprint density at radius 2 is 1.83 bits per heavy atom. The van der Waals surface area contributed by atoms with E-state index in [9.17, 15) is 4.79 Å². The molecule has 2 aliphatic heterocycles. The molecule has 0 spiro atoms. The first-order valence-corrected chi connectivity index (χ1v) is 11.4. The van der Waals surface area contributed by atoms with E-state index < -0.39 is 0 Å². The van der Waals surface area contributed by atoms with Crippen LogP contribution in [-0.4, -0.2) is 60.9 Å². The van der Waals surface area contributed by atoms with Gasteiger partial charge in [0.25, 0.3) is 0 Å². The van der Waals surface area contributed by atoms with Gasteiger partial charge in [-0.25, -0.2) is 4.99 Å². The molecule has 0 aliphatic carbocycles. The van der Waals surface area contributed by atoms with Crippen LogP contribution in [0.5, 0.6) is 0 Å². The summed E-state index contributed by atoms with van der Waals surface area (Å²) in [5, 5.41) is 6.76. The summed E-state index contributed by atoms with van der Waals surface area (Å²) in [5.41, 5.74) is 2.69. The lowest BCUT2D eigenvalue weighted by Crippen LogP contribution is -2.39. The van der Waals surface area contributed by atoms with E-state index in [2.05, 4.69) is 46.7 Å². The third-order valence-corrected chi connectivity index (χ3v) is 5.78. The van der Waals surface area contributed by atoms with E-state index in [1.165, 1.54) is 43.5 Å². The lowest BCUT2D eigenvalue weighted by Gasteiger charge is -2.27. The van der Waals surface area contributed by atoms with Crippen molar-refractivity contribution in [2.45, 2.75) is 58.5 Å². The van der Waals surface area contributed by atoms with Gasteiger partial charge in [0, 0.05) is 39.1 Å². The molecule has 2 saturated heterocycles. The first-order valence-electron chi connectivity index (χ1n) is 11.4. The van der Waals surface area contributed by atoms with Crippen LogP contribution in [0.25, 0.3) is 0 Å². The van der Waals surface area contributed by atoms with Gasteiger partial charge in [-0.2, -0.15) is 0 Å². The highest BCUT2D eigenvalue weighted by Crippen LogP contribution is 2.17. The van der Waals surface area contributed by atoms with E-state index in [1.807, 2.05) is 4.90 Å². The predicted octanol–water partition coefficient (Wildman–Crippen LogP) is 2.74. The van der Waals surface area contributed by atoms with Crippen molar-refractivity contribution in [2.75, 3.05) is 39.3 Å². The second-order valence-corrected chi connectivity index (χ2v) is 8.07. The number of benzene rings is 1. The van der Waals surface area contributed by atoms with Crippen LogP contribution in [0.4, 0.5) is 0 Å². The molecule has 0 radical (unpaired) electrons. The molecular weight excluding hydrogens is 362 g/mol. The molecule has 0 atom stereocenters. The molecule has 0 bridgehead atoms. The molecule has 1 aromatic carbocycles. The average molecular weight is 400 g/mol. The quantitative estimate of drug-likeness (QED) is 0.381. The summed E-state index contributed by atoms with van der Waals surface area (Å²) in [7, 11) is 0. The number of amides is 1. The molecule has 3 rings (SSSR count). The second-order valence-electron chi connectivity index (χ2n) is 8.07. The highest BCUT2D eigenvalue weighted by atomic mass is 16.2. The maximum Gasteiger partial charge on any atom is 0.222 e. The number of piperidine rings is 1. The minimum atomic E-state index is 0.302. The number of rotatable bonds is 9. The lowest BCUT2D eigenvalue weighted by atomic mass is 10.1. The van der Waals surface area contributed by atoms with Gasteiger partial charge in [0.05, 0.1) is 6.54 Å². The van der Waals surface area contributed by atoms with Crippen molar-refractivity contribution in [1.82, 2.24) is 20.4 Å². The van der Waals surface area contributed by atoms with Gasteiger partial charge in [0.1, 0.15) is 0 Å². The molecule has 1 amide bonds. The van der Waals surface area contributed by atoms with Gasteiger partial charge >= 0.3 is 0 Å². The Morgan fingerprint density at radius 3 is 2.55 bits per heavy atom. The fourth-order valence-electron chi connectivity index (χ4n) is 4.15. The topological polar surface area (TPSA) is 60.0 Å². The maximum atomic E-state index is 11.7. The number of carbonyl (C=O) groups is 1. The molecular formula is C23H37N5O. The summed E-state index contributed by atoms with van der Waals surface area (Å²) in [6, 6.07) is 8.69. The SMILES string of the molecule is CCNC(=NCc1ccccc1CN1CCCCC1)NCCCN1CCCC1=O. The van der Waals surface area contributed by atoms with Crippen molar-refractivity contribution in [2.24, 2.45) is 4.99 Å². The number of hydrogen-bond donors (Lipinski definition) is 2. The first-order chi connectivity index (χ1) is 14.3. The highest BCUT2D eigenvalue weighted by molar-refractivity contribution is 5.80. The lowest BCUT2D eigenvalue weighted by molar-refractivity contribution is -0.127. The molecule has 29 heavy (non-hydrogen) atoms. The monoisotopic (exact) mass is 399 g/mol. The van der Waals surface area contributed by atoms with Crippen LogP contribution in [0.1, 0.15) is 56.6 Å². The number of guanidine groups is 1. The fourth-order valence-corrected chi connectivity index (χ4v) is 4.15. The van der Waals surface area contributed by atoms with Crippen molar-refractivity contribution in [3.05, 3.63) is 35.4 Å². The van der Waals surface area contributed by atoms with E-state index in [0.29, 0.717) is 18.9 Å². The van der Waals surface area contributed by atoms with Crippen molar-refractivity contribution in [1.29, 1.82) is 0 Å². The first kappa shape index (κ1) is 21.6. The maximum absolute atomic E-state index is 11.7. The zero-order chi connectivity index (χ0) is 20.3. The van der Waals surface area contributed by atoms with E-state index in [4.69, 9.17) is 4.99 Å². The van der Waals surface area contributed by atoms with E-state index in [0.717, 1.165) is 51.5 Å². The van der Waals surface area contributed by atoms with Gasteiger partial charge in [-0.3, -0.25) is 9.69 Å². The Labute approximate surface area is 175 Å². The number of nitrogens with one attached hydrogen (secondary N) is 2. The van der Waals surface area contributed by atoms with Crippen LogP contribution in [0.2, 0.25) is 0 Å². The fraction of sp³-hybridized carbons (Fsp3) is 0.652. The normalized spacial score (nSPS) is 18.3. The predicted molar refractivity (Wildman–Crippen MR) is 119 cm³/mol.